The van der Waals surface area contributed by atoms with Crippen LogP contribution in [-0.4, -0.2) is 13.1 Å². The summed E-state index contributed by atoms with van der Waals surface area (Å²) in [7, 11) is 1.55. The summed E-state index contributed by atoms with van der Waals surface area (Å²) in [6.07, 6.45) is 0. The van der Waals surface area contributed by atoms with Crippen molar-refractivity contribution >= 4 is 23.3 Å². The number of carbonyl (C=O) groups excluding carboxylic acids is 1. The molecule has 1 rings (SSSR count). The third-order valence-corrected chi connectivity index (χ3v) is 2.17. The van der Waals surface area contributed by atoms with Crippen LogP contribution < -0.4 is 10.6 Å². The SMILES string of the molecule is CNC(=O)Nc1cccc(C)c1Cl. The fourth-order valence-electron chi connectivity index (χ4n) is 0.929. The minimum absolute atomic E-state index is 0.271. The molecule has 0 atom stereocenters. The van der Waals surface area contributed by atoms with Crippen molar-refractivity contribution in [3.8, 4) is 0 Å². The Morgan fingerprint density at radius 2 is 2.15 bits per heavy atom. The molecule has 0 unspecified atom stereocenters. The average Bonchev–Trinajstić information content (AvgIpc) is 2.13. The highest BCUT2D eigenvalue weighted by atomic mass is 35.5. The Kier molecular flexibility index (Phi) is 3.14. The van der Waals surface area contributed by atoms with Crippen molar-refractivity contribution in [1.29, 1.82) is 0 Å². The van der Waals surface area contributed by atoms with E-state index in [1.54, 1.807) is 13.1 Å². The molecule has 0 heterocycles. The molecule has 70 valence electrons. The van der Waals surface area contributed by atoms with Crippen LogP contribution in [0.15, 0.2) is 18.2 Å². The Bertz CT molecular complexity index is 325. The predicted molar refractivity (Wildman–Crippen MR) is 54.3 cm³/mol. The second-order valence-electron chi connectivity index (χ2n) is 2.64. The van der Waals surface area contributed by atoms with Gasteiger partial charge in [0.05, 0.1) is 10.7 Å². The zero-order valence-electron chi connectivity index (χ0n) is 7.52. The lowest BCUT2D eigenvalue weighted by molar-refractivity contribution is 0.254. The number of hydrogen-bond acceptors (Lipinski definition) is 1. The van der Waals surface area contributed by atoms with Gasteiger partial charge < -0.3 is 10.6 Å². The monoisotopic (exact) mass is 198 g/mol. The molecule has 0 aliphatic heterocycles. The second kappa shape index (κ2) is 4.14. The largest absolute Gasteiger partial charge is 0.341 e. The van der Waals surface area contributed by atoms with Gasteiger partial charge in [0, 0.05) is 7.05 Å². The van der Waals surface area contributed by atoms with E-state index in [0.717, 1.165) is 5.56 Å². The Hall–Kier alpha value is -1.22. The third-order valence-electron chi connectivity index (χ3n) is 1.67. The van der Waals surface area contributed by atoms with Crippen molar-refractivity contribution in [3.63, 3.8) is 0 Å². The topological polar surface area (TPSA) is 41.1 Å². The summed E-state index contributed by atoms with van der Waals surface area (Å²) in [4.78, 5) is 11.0. The molecule has 1 aromatic carbocycles. The molecule has 4 heteroatoms. The molecule has 3 nitrogen and oxygen atoms in total. The number of nitrogens with one attached hydrogen (secondary N) is 2. The van der Waals surface area contributed by atoms with Crippen molar-refractivity contribution in [1.82, 2.24) is 5.32 Å². The molecule has 0 aromatic heterocycles. The molecule has 13 heavy (non-hydrogen) atoms. The maximum Gasteiger partial charge on any atom is 0.319 e. The van der Waals surface area contributed by atoms with Crippen LogP contribution in [0.3, 0.4) is 0 Å². The number of aryl methyl sites for hydroxylation is 1. The van der Waals surface area contributed by atoms with Crippen molar-refractivity contribution in [2.24, 2.45) is 0 Å². The van der Waals surface area contributed by atoms with Crippen LogP contribution >= 0.6 is 11.6 Å². The molecule has 0 spiro atoms. The van der Waals surface area contributed by atoms with Crippen LogP contribution in [0.2, 0.25) is 5.02 Å². The molecule has 0 radical (unpaired) electrons. The number of halogens is 1. The Morgan fingerprint density at radius 1 is 1.46 bits per heavy atom. The molecule has 0 saturated heterocycles. The van der Waals surface area contributed by atoms with Crippen LogP contribution in [0.4, 0.5) is 10.5 Å². The first-order chi connectivity index (χ1) is 6.15. The highest BCUT2D eigenvalue weighted by molar-refractivity contribution is 6.34. The van der Waals surface area contributed by atoms with Gasteiger partial charge in [-0.2, -0.15) is 0 Å². The van der Waals surface area contributed by atoms with Gasteiger partial charge in [-0.05, 0) is 18.6 Å². The fourth-order valence-corrected chi connectivity index (χ4v) is 1.10. The first-order valence-electron chi connectivity index (χ1n) is 3.89. The van der Waals surface area contributed by atoms with E-state index in [1.807, 2.05) is 19.1 Å². The van der Waals surface area contributed by atoms with Gasteiger partial charge in [-0.3, -0.25) is 0 Å². The smallest absolute Gasteiger partial charge is 0.319 e. The fraction of sp³-hybridized carbons (Fsp3) is 0.222. The normalized spacial score (nSPS) is 9.46. The standard InChI is InChI=1S/C9H11ClN2O/c1-6-4-3-5-7(8(6)10)12-9(13)11-2/h3-5H,1-2H3,(H2,11,12,13). The highest BCUT2D eigenvalue weighted by Crippen LogP contribution is 2.24. The summed E-state index contributed by atoms with van der Waals surface area (Å²) >= 11 is 5.95. The van der Waals surface area contributed by atoms with E-state index in [0.29, 0.717) is 10.7 Å². The van der Waals surface area contributed by atoms with Gasteiger partial charge in [-0.15, -0.1) is 0 Å². The van der Waals surface area contributed by atoms with Gasteiger partial charge in [0.1, 0.15) is 0 Å². The van der Waals surface area contributed by atoms with Crippen LogP contribution in [-0.2, 0) is 0 Å². The van der Waals surface area contributed by atoms with Crippen molar-refractivity contribution < 1.29 is 4.79 Å². The summed E-state index contributed by atoms with van der Waals surface area (Å²) in [6.45, 7) is 1.89. The van der Waals surface area contributed by atoms with Crippen LogP contribution in [0, 0.1) is 6.92 Å². The number of anilines is 1. The molecular formula is C9H11ClN2O. The van der Waals surface area contributed by atoms with Gasteiger partial charge in [0.15, 0.2) is 0 Å². The van der Waals surface area contributed by atoms with E-state index in [2.05, 4.69) is 10.6 Å². The van der Waals surface area contributed by atoms with Gasteiger partial charge >= 0.3 is 6.03 Å². The Morgan fingerprint density at radius 3 is 2.77 bits per heavy atom. The summed E-state index contributed by atoms with van der Waals surface area (Å²) in [5.41, 5.74) is 1.57. The second-order valence-corrected chi connectivity index (χ2v) is 3.02. The molecular weight excluding hydrogens is 188 g/mol. The summed E-state index contributed by atoms with van der Waals surface area (Å²) < 4.78 is 0. The summed E-state index contributed by atoms with van der Waals surface area (Å²) in [5.74, 6) is 0. The molecule has 0 bridgehead atoms. The van der Waals surface area contributed by atoms with Crippen molar-refractivity contribution in [2.75, 3.05) is 12.4 Å². The maximum absolute atomic E-state index is 11.0. The van der Waals surface area contributed by atoms with E-state index in [9.17, 15) is 4.79 Å². The average molecular weight is 199 g/mol. The number of carbonyl (C=O) groups is 1. The first kappa shape index (κ1) is 9.86. The van der Waals surface area contributed by atoms with Gasteiger partial charge in [-0.25, -0.2) is 4.79 Å². The zero-order chi connectivity index (χ0) is 9.84. The number of hydrogen-bond donors (Lipinski definition) is 2. The lowest BCUT2D eigenvalue weighted by Crippen LogP contribution is -2.24. The first-order valence-corrected chi connectivity index (χ1v) is 4.27. The van der Waals surface area contributed by atoms with E-state index >= 15 is 0 Å². The molecule has 0 saturated carbocycles. The van der Waals surface area contributed by atoms with E-state index < -0.39 is 0 Å². The Labute approximate surface area is 82.1 Å². The maximum atomic E-state index is 11.0. The highest BCUT2D eigenvalue weighted by Gasteiger charge is 2.04. The Balaban J connectivity index is 2.89. The summed E-state index contributed by atoms with van der Waals surface area (Å²) in [5, 5.41) is 5.65. The number of amides is 2. The lowest BCUT2D eigenvalue weighted by Gasteiger charge is -2.07. The number of rotatable bonds is 1. The predicted octanol–water partition coefficient (Wildman–Crippen LogP) is 2.40. The minimum Gasteiger partial charge on any atom is -0.341 e. The van der Waals surface area contributed by atoms with E-state index in [4.69, 9.17) is 11.6 Å². The molecule has 1 aromatic rings. The van der Waals surface area contributed by atoms with E-state index in [1.165, 1.54) is 0 Å². The van der Waals surface area contributed by atoms with Crippen molar-refractivity contribution in [2.45, 2.75) is 6.92 Å². The number of urea groups is 1. The molecule has 2 N–H and O–H groups in total. The van der Waals surface area contributed by atoms with Gasteiger partial charge in [-0.1, -0.05) is 23.7 Å². The molecule has 2 amide bonds. The molecule has 0 aliphatic rings. The van der Waals surface area contributed by atoms with Crippen molar-refractivity contribution in [3.05, 3.63) is 28.8 Å². The molecule has 0 aliphatic carbocycles. The third kappa shape index (κ3) is 2.36. The van der Waals surface area contributed by atoms with Gasteiger partial charge in [0.2, 0.25) is 0 Å². The summed E-state index contributed by atoms with van der Waals surface area (Å²) in [6, 6.07) is 5.21. The lowest BCUT2D eigenvalue weighted by atomic mass is 10.2. The number of benzene rings is 1. The minimum atomic E-state index is -0.271. The quantitative estimate of drug-likeness (QED) is 0.715. The van der Waals surface area contributed by atoms with Crippen LogP contribution in [0.25, 0.3) is 0 Å². The molecule has 0 fully saturated rings. The van der Waals surface area contributed by atoms with E-state index in [-0.39, 0.29) is 6.03 Å². The van der Waals surface area contributed by atoms with Crippen LogP contribution in [0.1, 0.15) is 5.56 Å². The van der Waals surface area contributed by atoms with Gasteiger partial charge in [0.25, 0.3) is 0 Å². The van der Waals surface area contributed by atoms with Crippen LogP contribution in [0.5, 0.6) is 0 Å². The zero-order valence-corrected chi connectivity index (χ0v) is 8.27.